The number of methoxy groups -OCH3 is 2. The van der Waals surface area contributed by atoms with Gasteiger partial charge in [0.1, 0.15) is 23.5 Å². The molecule has 0 aromatic carbocycles. The lowest BCUT2D eigenvalue weighted by molar-refractivity contribution is -0.150. The molecule has 0 aliphatic carbocycles. The molecule has 1 rings (SSSR count). The molecule has 0 bridgehead atoms. The fourth-order valence-corrected chi connectivity index (χ4v) is 1.64. The SMILES string of the molecule is COC(=O)N[C@@H](c1ccco1)C(C(C)=O)C(=O)OC. The summed E-state index contributed by atoms with van der Waals surface area (Å²) < 4.78 is 14.2. The number of esters is 1. The summed E-state index contributed by atoms with van der Waals surface area (Å²) in [6.45, 7) is 1.23. The molecule has 0 saturated carbocycles. The normalized spacial score (nSPS) is 13.2. The molecule has 0 aliphatic rings. The number of carbonyl (C=O) groups excluding carboxylic acids is 3. The summed E-state index contributed by atoms with van der Waals surface area (Å²) in [6.07, 6.45) is 0.590. The van der Waals surface area contributed by atoms with Crippen molar-refractivity contribution in [3.05, 3.63) is 24.2 Å². The zero-order chi connectivity index (χ0) is 14.4. The van der Waals surface area contributed by atoms with Gasteiger partial charge in [-0.15, -0.1) is 0 Å². The molecule has 7 heteroatoms. The van der Waals surface area contributed by atoms with E-state index in [9.17, 15) is 14.4 Å². The molecule has 0 aliphatic heterocycles. The van der Waals surface area contributed by atoms with Gasteiger partial charge >= 0.3 is 12.1 Å². The summed E-state index contributed by atoms with van der Waals surface area (Å²) in [6, 6.07) is 2.14. The maximum Gasteiger partial charge on any atom is 0.407 e. The molecule has 104 valence electrons. The summed E-state index contributed by atoms with van der Waals surface area (Å²) >= 11 is 0. The number of ether oxygens (including phenoxy) is 2. The lowest BCUT2D eigenvalue weighted by Crippen LogP contribution is -2.40. The van der Waals surface area contributed by atoms with E-state index in [0.29, 0.717) is 0 Å². The van der Waals surface area contributed by atoms with Crippen LogP contribution in [0, 0.1) is 5.92 Å². The number of hydrogen-bond donors (Lipinski definition) is 1. The predicted molar refractivity (Wildman–Crippen MR) is 63.2 cm³/mol. The quantitative estimate of drug-likeness (QED) is 0.634. The van der Waals surface area contributed by atoms with Crippen molar-refractivity contribution in [2.75, 3.05) is 14.2 Å². The highest BCUT2D eigenvalue weighted by Crippen LogP contribution is 2.25. The lowest BCUT2D eigenvalue weighted by atomic mass is 9.94. The minimum absolute atomic E-state index is 0.260. The first-order chi connectivity index (χ1) is 9.01. The van der Waals surface area contributed by atoms with Gasteiger partial charge in [0, 0.05) is 0 Å². The van der Waals surface area contributed by atoms with E-state index in [1.54, 1.807) is 12.1 Å². The van der Waals surface area contributed by atoms with Gasteiger partial charge in [-0.25, -0.2) is 4.79 Å². The van der Waals surface area contributed by atoms with Crippen molar-refractivity contribution in [1.29, 1.82) is 0 Å². The summed E-state index contributed by atoms with van der Waals surface area (Å²) in [5, 5.41) is 2.39. The second-order valence-electron chi connectivity index (χ2n) is 3.74. The number of alkyl carbamates (subject to hydrolysis) is 1. The molecule has 1 aromatic rings. The van der Waals surface area contributed by atoms with E-state index >= 15 is 0 Å². The summed E-state index contributed by atoms with van der Waals surface area (Å²) in [5.74, 6) is -2.15. The minimum Gasteiger partial charge on any atom is -0.468 e. The lowest BCUT2D eigenvalue weighted by Gasteiger charge is -2.21. The number of hydrogen-bond acceptors (Lipinski definition) is 6. The van der Waals surface area contributed by atoms with Crippen molar-refractivity contribution in [2.45, 2.75) is 13.0 Å². The smallest absolute Gasteiger partial charge is 0.407 e. The van der Waals surface area contributed by atoms with Crippen LogP contribution in [0.25, 0.3) is 0 Å². The van der Waals surface area contributed by atoms with Crippen LogP contribution in [0.3, 0.4) is 0 Å². The van der Waals surface area contributed by atoms with E-state index in [-0.39, 0.29) is 5.76 Å². The van der Waals surface area contributed by atoms with Gasteiger partial charge in [-0.3, -0.25) is 9.59 Å². The second kappa shape index (κ2) is 6.58. The number of amides is 1. The van der Waals surface area contributed by atoms with E-state index in [2.05, 4.69) is 14.8 Å². The molecule has 0 radical (unpaired) electrons. The highest BCUT2D eigenvalue weighted by molar-refractivity contribution is 5.99. The molecule has 2 atom stereocenters. The van der Waals surface area contributed by atoms with Crippen LogP contribution >= 0.6 is 0 Å². The molecule has 0 spiro atoms. The van der Waals surface area contributed by atoms with Crippen LogP contribution in [0.5, 0.6) is 0 Å². The van der Waals surface area contributed by atoms with Gasteiger partial charge in [-0.2, -0.15) is 0 Å². The first kappa shape index (κ1) is 14.7. The van der Waals surface area contributed by atoms with E-state index in [1.165, 1.54) is 20.3 Å². The van der Waals surface area contributed by atoms with Crippen LogP contribution in [0.4, 0.5) is 4.79 Å². The third kappa shape index (κ3) is 3.57. The molecular weight excluding hydrogens is 254 g/mol. The summed E-state index contributed by atoms with van der Waals surface area (Å²) in [4.78, 5) is 34.6. The zero-order valence-electron chi connectivity index (χ0n) is 10.8. The summed E-state index contributed by atoms with van der Waals surface area (Å²) in [7, 11) is 2.34. The van der Waals surface area contributed by atoms with Crippen LogP contribution in [-0.4, -0.2) is 32.1 Å². The van der Waals surface area contributed by atoms with Crippen molar-refractivity contribution < 1.29 is 28.3 Å². The monoisotopic (exact) mass is 269 g/mol. The third-order valence-corrected chi connectivity index (χ3v) is 2.53. The van der Waals surface area contributed by atoms with Crippen LogP contribution in [0.2, 0.25) is 0 Å². The second-order valence-corrected chi connectivity index (χ2v) is 3.74. The minimum atomic E-state index is -1.20. The molecule has 1 amide bonds. The molecular formula is C12H15NO6. The van der Waals surface area contributed by atoms with Crippen LogP contribution in [0.15, 0.2) is 22.8 Å². The molecule has 0 saturated heterocycles. The van der Waals surface area contributed by atoms with Crippen LogP contribution in [0.1, 0.15) is 18.7 Å². The molecule has 1 aromatic heterocycles. The Morgan fingerprint density at radius 3 is 2.37 bits per heavy atom. The van der Waals surface area contributed by atoms with Crippen LogP contribution < -0.4 is 5.32 Å². The largest absolute Gasteiger partial charge is 0.468 e. The van der Waals surface area contributed by atoms with Crippen molar-refractivity contribution in [1.82, 2.24) is 5.32 Å². The van der Waals surface area contributed by atoms with Crippen molar-refractivity contribution in [2.24, 2.45) is 5.92 Å². The Bertz CT molecular complexity index is 453. The molecule has 1 unspecified atom stereocenters. The Labute approximate surface area is 109 Å². The van der Waals surface area contributed by atoms with E-state index < -0.39 is 29.8 Å². The van der Waals surface area contributed by atoms with Crippen molar-refractivity contribution >= 4 is 17.8 Å². The highest BCUT2D eigenvalue weighted by atomic mass is 16.5. The number of nitrogens with one attached hydrogen (secondary N) is 1. The fourth-order valence-electron chi connectivity index (χ4n) is 1.64. The molecule has 1 N–H and O–H groups in total. The zero-order valence-corrected chi connectivity index (χ0v) is 10.8. The highest BCUT2D eigenvalue weighted by Gasteiger charge is 2.37. The Kier molecular flexibility index (Phi) is 5.11. The maximum absolute atomic E-state index is 11.7. The maximum atomic E-state index is 11.7. The Morgan fingerprint density at radius 1 is 1.26 bits per heavy atom. The van der Waals surface area contributed by atoms with E-state index in [0.717, 1.165) is 7.11 Å². The Balaban J connectivity index is 3.09. The van der Waals surface area contributed by atoms with E-state index in [4.69, 9.17) is 4.42 Å². The van der Waals surface area contributed by atoms with Crippen molar-refractivity contribution in [3.63, 3.8) is 0 Å². The number of rotatable bonds is 5. The first-order valence-corrected chi connectivity index (χ1v) is 5.47. The number of Topliss-reactive ketones (excluding diaryl/α,β-unsaturated/α-hetero) is 1. The van der Waals surface area contributed by atoms with Gasteiger partial charge in [0.25, 0.3) is 0 Å². The first-order valence-electron chi connectivity index (χ1n) is 5.47. The third-order valence-electron chi connectivity index (χ3n) is 2.53. The number of ketones is 1. The number of carbonyl (C=O) groups is 3. The Morgan fingerprint density at radius 2 is 1.95 bits per heavy atom. The average molecular weight is 269 g/mol. The van der Waals surface area contributed by atoms with Gasteiger partial charge in [-0.05, 0) is 19.1 Å². The molecule has 7 nitrogen and oxygen atoms in total. The van der Waals surface area contributed by atoms with Gasteiger partial charge in [0.2, 0.25) is 0 Å². The van der Waals surface area contributed by atoms with Crippen LogP contribution in [-0.2, 0) is 19.1 Å². The standard InChI is InChI=1S/C12H15NO6/c1-7(14)9(11(15)17-2)10(13-12(16)18-3)8-5-4-6-19-8/h4-6,9-10H,1-3H3,(H,13,16)/t9?,10-/m0/s1. The topological polar surface area (TPSA) is 94.8 Å². The van der Waals surface area contributed by atoms with Gasteiger partial charge in [0.15, 0.2) is 0 Å². The average Bonchev–Trinajstić information content (AvgIpc) is 2.90. The van der Waals surface area contributed by atoms with Crippen molar-refractivity contribution in [3.8, 4) is 0 Å². The fraction of sp³-hybridized carbons (Fsp3) is 0.417. The van der Waals surface area contributed by atoms with Gasteiger partial charge in [-0.1, -0.05) is 0 Å². The van der Waals surface area contributed by atoms with Gasteiger partial charge in [0.05, 0.1) is 20.5 Å². The molecule has 1 heterocycles. The molecule has 19 heavy (non-hydrogen) atoms. The van der Waals surface area contributed by atoms with Gasteiger partial charge < -0.3 is 19.2 Å². The summed E-state index contributed by atoms with van der Waals surface area (Å²) in [5.41, 5.74) is 0. The predicted octanol–water partition coefficient (Wildman–Crippen LogP) is 1.05. The van der Waals surface area contributed by atoms with E-state index in [1.807, 2.05) is 0 Å². The number of furan rings is 1. The Hall–Kier alpha value is -2.31. The molecule has 0 fully saturated rings.